The highest BCUT2D eigenvalue weighted by molar-refractivity contribution is 6.30. The number of carbonyl (C=O) groups excluding carboxylic acids is 1. The minimum Gasteiger partial charge on any atom is -0.465 e. The number of carboxylic acid groups (broad SMARTS) is 1. The molecule has 42 heavy (non-hydrogen) atoms. The lowest BCUT2D eigenvalue weighted by Crippen LogP contribution is -2.29. The van der Waals surface area contributed by atoms with Gasteiger partial charge in [0.05, 0.1) is 29.3 Å². The Balaban J connectivity index is 1.42. The summed E-state index contributed by atoms with van der Waals surface area (Å²) in [4.78, 5) is 24.1. The summed E-state index contributed by atoms with van der Waals surface area (Å²) >= 11 is 6.19. The number of rotatable bonds is 9. The van der Waals surface area contributed by atoms with Crippen molar-refractivity contribution in [2.45, 2.75) is 12.5 Å². The number of anilines is 1. The van der Waals surface area contributed by atoms with Crippen LogP contribution in [0.3, 0.4) is 0 Å². The molecule has 2 heterocycles. The van der Waals surface area contributed by atoms with E-state index in [2.05, 4.69) is 31.0 Å². The second kappa shape index (κ2) is 12.8. The van der Waals surface area contributed by atoms with E-state index in [0.717, 1.165) is 5.56 Å². The largest absolute Gasteiger partial charge is 0.465 e. The quantitative estimate of drug-likeness (QED) is 0.202. The van der Waals surface area contributed by atoms with Gasteiger partial charge in [-0.1, -0.05) is 48.0 Å². The van der Waals surface area contributed by atoms with Gasteiger partial charge in [-0.25, -0.2) is 9.18 Å². The van der Waals surface area contributed by atoms with E-state index < -0.39 is 23.9 Å². The van der Waals surface area contributed by atoms with Crippen LogP contribution in [-0.2, 0) is 11.2 Å². The predicted octanol–water partition coefficient (Wildman–Crippen LogP) is 5.12. The summed E-state index contributed by atoms with van der Waals surface area (Å²) in [6, 6.07) is 19.9. The smallest absolute Gasteiger partial charge is 0.409 e. The van der Waals surface area contributed by atoms with Crippen molar-refractivity contribution in [1.29, 1.82) is 0 Å². The average Bonchev–Trinajstić information content (AvgIpc) is 3.52. The molecule has 0 aliphatic rings. The summed E-state index contributed by atoms with van der Waals surface area (Å²) in [5.74, 6) is -1.14. The molecule has 3 N–H and O–H groups in total. The molecule has 0 aliphatic carbocycles. The van der Waals surface area contributed by atoms with Crippen LogP contribution in [-0.4, -0.2) is 47.5 Å². The first-order valence-corrected chi connectivity index (χ1v) is 12.9. The molecule has 210 valence electrons. The van der Waals surface area contributed by atoms with Crippen LogP contribution < -0.4 is 10.6 Å². The number of amides is 2. The molecule has 11 nitrogen and oxygen atoms in total. The summed E-state index contributed by atoms with van der Waals surface area (Å²) in [6.07, 6.45) is 4.91. The second-order valence-corrected chi connectivity index (χ2v) is 9.47. The number of halogens is 2. The number of nitrogens with one attached hydrogen (secondary N) is 2. The van der Waals surface area contributed by atoms with Crippen molar-refractivity contribution in [2.24, 2.45) is 0 Å². The van der Waals surface area contributed by atoms with Gasteiger partial charge in [0, 0.05) is 22.2 Å². The number of benzene rings is 3. The minimum atomic E-state index is -1.37. The molecular formula is C29H22ClFN8O3. The van der Waals surface area contributed by atoms with E-state index in [0.29, 0.717) is 39.5 Å². The van der Waals surface area contributed by atoms with Crippen LogP contribution in [0.25, 0.3) is 22.9 Å². The fraction of sp³-hybridized carbons (Fsp3) is 0.0690. The SMILES string of the molecule is O=C(O)Nc1ccc(-c2cnnc(C(Cc3ccccc3)NC(=O)C=Cc3cc(Cl)ccc3-n3cnnn3)c2)cc1F. The zero-order chi connectivity index (χ0) is 29.5. The van der Waals surface area contributed by atoms with E-state index in [1.54, 1.807) is 36.4 Å². The summed E-state index contributed by atoms with van der Waals surface area (Å²) in [7, 11) is 0. The second-order valence-electron chi connectivity index (χ2n) is 9.04. The molecule has 5 rings (SSSR count). The number of carbonyl (C=O) groups is 2. The van der Waals surface area contributed by atoms with Gasteiger partial charge in [0.1, 0.15) is 12.1 Å². The molecule has 0 radical (unpaired) electrons. The molecule has 0 saturated heterocycles. The Hall–Kier alpha value is -5.49. The lowest BCUT2D eigenvalue weighted by molar-refractivity contribution is -0.117. The topological polar surface area (TPSA) is 148 Å². The van der Waals surface area contributed by atoms with Gasteiger partial charge >= 0.3 is 6.09 Å². The van der Waals surface area contributed by atoms with Crippen molar-refractivity contribution >= 4 is 35.4 Å². The first kappa shape index (κ1) is 28.1. The molecule has 1 atom stereocenters. The zero-order valence-corrected chi connectivity index (χ0v) is 22.5. The van der Waals surface area contributed by atoms with Gasteiger partial charge in [-0.05, 0) is 70.4 Å². The van der Waals surface area contributed by atoms with Crippen LogP contribution in [0.5, 0.6) is 0 Å². The Bertz CT molecular complexity index is 1750. The highest BCUT2D eigenvalue weighted by atomic mass is 35.5. The summed E-state index contributed by atoms with van der Waals surface area (Å²) in [5.41, 5.74) is 3.47. The van der Waals surface area contributed by atoms with Crippen LogP contribution in [0, 0.1) is 5.82 Å². The van der Waals surface area contributed by atoms with Crippen LogP contribution >= 0.6 is 11.6 Å². The highest BCUT2D eigenvalue weighted by Gasteiger charge is 2.18. The van der Waals surface area contributed by atoms with E-state index in [9.17, 15) is 14.0 Å². The number of hydrogen-bond donors (Lipinski definition) is 3. The van der Waals surface area contributed by atoms with Crippen LogP contribution in [0.1, 0.15) is 22.9 Å². The monoisotopic (exact) mass is 584 g/mol. The third-order valence-electron chi connectivity index (χ3n) is 6.17. The van der Waals surface area contributed by atoms with E-state index >= 15 is 0 Å². The number of hydrogen-bond acceptors (Lipinski definition) is 7. The number of nitrogens with zero attached hydrogens (tertiary/aromatic N) is 6. The van der Waals surface area contributed by atoms with Crippen molar-refractivity contribution in [3.63, 3.8) is 0 Å². The van der Waals surface area contributed by atoms with Crippen LogP contribution in [0.2, 0.25) is 5.02 Å². The van der Waals surface area contributed by atoms with Gasteiger partial charge < -0.3 is 10.4 Å². The van der Waals surface area contributed by atoms with E-state index in [1.807, 2.05) is 35.6 Å². The Morgan fingerprint density at radius 3 is 2.60 bits per heavy atom. The van der Waals surface area contributed by atoms with Crippen molar-refractivity contribution in [3.05, 3.63) is 119 Å². The maximum Gasteiger partial charge on any atom is 0.409 e. The first-order valence-electron chi connectivity index (χ1n) is 12.5. The van der Waals surface area contributed by atoms with Crippen LogP contribution in [0.4, 0.5) is 14.9 Å². The predicted molar refractivity (Wildman–Crippen MR) is 153 cm³/mol. The Morgan fingerprint density at radius 2 is 1.86 bits per heavy atom. The van der Waals surface area contributed by atoms with Crippen molar-refractivity contribution in [3.8, 4) is 16.8 Å². The third-order valence-corrected chi connectivity index (χ3v) is 6.41. The highest BCUT2D eigenvalue weighted by Crippen LogP contribution is 2.27. The lowest BCUT2D eigenvalue weighted by Gasteiger charge is -2.18. The Labute approximate surface area is 243 Å². The summed E-state index contributed by atoms with van der Waals surface area (Å²) in [6.45, 7) is 0. The number of aromatic nitrogens is 6. The Morgan fingerprint density at radius 1 is 1.02 bits per heavy atom. The summed E-state index contributed by atoms with van der Waals surface area (Å²) in [5, 5.41) is 33.9. The maximum atomic E-state index is 14.5. The van der Waals surface area contributed by atoms with Gasteiger partial charge in [-0.15, -0.1) is 5.10 Å². The average molecular weight is 585 g/mol. The maximum absolute atomic E-state index is 14.5. The molecule has 0 aliphatic heterocycles. The molecular weight excluding hydrogens is 563 g/mol. The van der Waals surface area contributed by atoms with Gasteiger partial charge in [0.15, 0.2) is 0 Å². The molecule has 2 aromatic heterocycles. The fourth-order valence-electron chi connectivity index (χ4n) is 4.23. The fourth-order valence-corrected chi connectivity index (χ4v) is 4.41. The van der Waals surface area contributed by atoms with E-state index in [-0.39, 0.29) is 5.69 Å². The van der Waals surface area contributed by atoms with Gasteiger partial charge in [0.25, 0.3) is 0 Å². The van der Waals surface area contributed by atoms with E-state index in [1.165, 1.54) is 35.4 Å². The number of tetrazole rings is 1. The van der Waals surface area contributed by atoms with Gasteiger partial charge in [-0.3, -0.25) is 10.1 Å². The molecule has 0 bridgehead atoms. The van der Waals surface area contributed by atoms with Crippen molar-refractivity contribution in [2.75, 3.05) is 5.32 Å². The molecule has 0 saturated carbocycles. The molecule has 5 aromatic rings. The molecule has 2 amide bonds. The van der Waals surface area contributed by atoms with Gasteiger partial charge in [0.2, 0.25) is 5.91 Å². The minimum absolute atomic E-state index is 0.169. The van der Waals surface area contributed by atoms with Gasteiger partial charge in [-0.2, -0.15) is 14.9 Å². The van der Waals surface area contributed by atoms with Crippen molar-refractivity contribution < 1.29 is 19.1 Å². The molecule has 3 aromatic carbocycles. The van der Waals surface area contributed by atoms with Crippen molar-refractivity contribution in [1.82, 2.24) is 35.7 Å². The lowest BCUT2D eigenvalue weighted by atomic mass is 10.00. The standard InChI is InChI=1S/C29H22ClFN8O3/c30-22-8-10-27(39-17-33-37-38-39)20(13-22)7-11-28(40)34-25(12-18-4-2-1-3-5-18)26-15-21(16-32-36-26)19-6-9-24(23(31)14-19)35-29(41)42/h1-11,13-17,25,35H,12H2,(H,34,40)(H,41,42). The summed E-state index contributed by atoms with van der Waals surface area (Å²) < 4.78 is 16.0. The third kappa shape index (κ3) is 6.98. The molecule has 1 unspecified atom stereocenters. The molecule has 0 fully saturated rings. The first-order chi connectivity index (χ1) is 20.4. The molecule has 13 heteroatoms. The molecule has 0 spiro atoms. The van der Waals surface area contributed by atoms with Crippen LogP contribution in [0.15, 0.2) is 91.4 Å². The normalized spacial score (nSPS) is 11.8. The zero-order valence-electron chi connectivity index (χ0n) is 21.7. The Kier molecular flexibility index (Phi) is 8.54. The van der Waals surface area contributed by atoms with E-state index in [4.69, 9.17) is 16.7 Å².